The second-order valence-electron chi connectivity index (χ2n) is 8.86. The van der Waals surface area contributed by atoms with Gasteiger partial charge in [0.05, 0.1) is 11.0 Å². The third-order valence-electron chi connectivity index (χ3n) is 7.14. The molecule has 1 spiro atoms. The predicted molar refractivity (Wildman–Crippen MR) is 120 cm³/mol. The van der Waals surface area contributed by atoms with Gasteiger partial charge in [-0.05, 0) is 35.9 Å². The summed E-state index contributed by atoms with van der Waals surface area (Å²) in [4.78, 5) is 56.5. The molecule has 0 saturated carbocycles. The molecule has 3 aliphatic rings. The van der Waals surface area contributed by atoms with Crippen molar-refractivity contribution < 1.29 is 23.7 Å². The molecule has 3 aliphatic heterocycles. The number of urea groups is 1. The van der Waals surface area contributed by atoms with Crippen molar-refractivity contribution in [1.82, 2.24) is 9.80 Å². The number of rotatable bonds is 2. The van der Waals surface area contributed by atoms with E-state index >= 15 is 0 Å². The number of hydrogen-bond donors (Lipinski definition) is 0. The van der Waals surface area contributed by atoms with E-state index in [1.807, 2.05) is 9.80 Å². The first-order chi connectivity index (χ1) is 16.1. The van der Waals surface area contributed by atoms with Gasteiger partial charge in [-0.1, -0.05) is 0 Å². The second kappa shape index (κ2) is 7.51. The number of non-ortho nitro benzene ring substituents is 1. The topological polar surface area (TPSA) is 107 Å². The fourth-order valence-corrected chi connectivity index (χ4v) is 5.43. The Morgan fingerprint density at radius 2 is 1.65 bits per heavy atom. The highest BCUT2D eigenvalue weighted by Gasteiger charge is 2.64. The first-order valence-electron chi connectivity index (χ1n) is 10.8. The molecule has 11 heteroatoms. The zero-order valence-electron chi connectivity index (χ0n) is 18.6. The number of carbonyl (C=O) groups excluding carboxylic acids is 3. The number of nitrogens with zero attached hydrogens (tertiary/aromatic N) is 5. The molecule has 2 fully saturated rings. The van der Waals surface area contributed by atoms with Crippen molar-refractivity contribution in [2.45, 2.75) is 12.5 Å². The number of hydrogen-bond acceptors (Lipinski definition) is 7. The number of fused-ring (bicyclic) bond motifs is 4. The van der Waals surface area contributed by atoms with Gasteiger partial charge in [-0.3, -0.25) is 29.5 Å². The maximum atomic E-state index is 13.7. The summed E-state index contributed by atoms with van der Waals surface area (Å²) in [6.07, 6.45) is -0.0674. The maximum absolute atomic E-state index is 13.7. The molecule has 10 nitrogen and oxygen atoms in total. The van der Waals surface area contributed by atoms with E-state index in [0.29, 0.717) is 18.7 Å². The van der Waals surface area contributed by atoms with Crippen LogP contribution in [0.15, 0.2) is 42.5 Å². The van der Waals surface area contributed by atoms with Gasteiger partial charge in [-0.2, -0.15) is 0 Å². The Balaban J connectivity index is 1.65. The number of carbonyl (C=O) groups is 3. The van der Waals surface area contributed by atoms with Crippen LogP contribution in [0, 0.1) is 21.3 Å². The van der Waals surface area contributed by atoms with E-state index in [-0.39, 0.29) is 24.5 Å². The van der Waals surface area contributed by atoms with Crippen molar-refractivity contribution in [3.8, 4) is 0 Å². The molecular formula is C23H22FN5O5. The minimum Gasteiger partial charge on any atom is -0.368 e. The molecule has 34 heavy (non-hydrogen) atoms. The standard InChI is InChI=1S/C23H22FN5O5/c1-25-20(30)23(21(31)26(2)22(25)32)12-14-11-17(29(33)34)7-8-18(14)28-10-9-27(13-19(23)28)16-5-3-15(24)4-6-16/h3-8,11,19H,9-10,12-13H2,1-2H3/t19-/m0/s1. The van der Waals surface area contributed by atoms with Gasteiger partial charge in [0.15, 0.2) is 5.41 Å². The van der Waals surface area contributed by atoms with E-state index in [4.69, 9.17) is 0 Å². The first kappa shape index (κ1) is 21.8. The molecule has 0 aromatic heterocycles. The molecule has 0 aliphatic carbocycles. The average molecular weight is 467 g/mol. The van der Waals surface area contributed by atoms with Crippen LogP contribution in [0.3, 0.4) is 0 Å². The van der Waals surface area contributed by atoms with Crippen LogP contribution in [-0.4, -0.2) is 72.3 Å². The normalized spacial score (nSPS) is 21.6. The third kappa shape index (κ3) is 2.96. The monoisotopic (exact) mass is 467 g/mol. The zero-order valence-corrected chi connectivity index (χ0v) is 18.6. The summed E-state index contributed by atoms with van der Waals surface area (Å²) >= 11 is 0. The van der Waals surface area contributed by atoms with Crippen LogP contribution in [0.25, 0.3) is 0 Å². The fourth-order valence-electron chi connectivity index (χ4n) is 5.43. The largest absolute Gasteiger partial charge is 0.368 e. The number of anilines is 2. The van der Waals surface area contributed by atoms with E-state index in [1.165, 1.54) is 38.4 Å². The van der Waals surface area contributed by atoms with Gasteiger partial charge < -0.3 is 9.80 Å². The molecular weight excluding hydrogens is 445 g/mol. The highest BCUT2D eigenvalue weighted by Crippen LogP contribution is 2.47. The number of nitro groups is 1. The summed E-state index contributed by atoms with van der Waals surface area (Å²) in [5.41, 5.74) is 0.213. The summed E-state index contributed by atoms with van der Waals surface area (Å²) in [5, 5.41) is 11.4. The Hall–Kier alpha value is -4.02. The van der Waals surface area contributed by atoms with Gasteiger partial charge >= 0.3 is 6.03 Å². The lowest BCUT2D eigenvalue weighted by Gasteiger charge is -2.56. The summed E-state index contributed by atoms with van der Waals surface area (Å²) < 4.78 is 13.5. The van der Waals surface area contributed by atoms with Gasteiger partial charge in [0.1, 0.15) is 5.82 Å². The predicted octanol–water partition coefficient (Wildman–Crippen LogP) is 2.02. The lowest BCUT2D eigenvalue weighted by Crippen LogP contribution is -2.74. The number of nitro benzene ring substituents is 1. The van der Waals surface area contributed by atoms with Crippen LogP contribution >= 0.6 is 0 Å². The van der Waals surface area contributed by atoms with Gasteiger partial charge in [0.2, 0.25) is 11.8 Å². The Morgan fingerprint density at radius 1 is 1.00 bits per heavy atom. The molecule has 0 N–H and O–H groups in total. The van der Waals surface area contributed by atoms with E-state index in [2.05, 4.69) is 0 Å². The SMILES string of the molecule is CN1C(=O)N(C)C(=O)C2(Cc3cc([N+](=O)[O-])ccc3N3CCN(c4ccc(F)cc4)C[C@H]32)C1=O. The molecule has 0 unspecified atom stereocenters. The Labute approximate surface area is 194 Å². The van der Waals surface area contributed by atoms with E-state index in [0.717, 1.165) is 21.2 Å². The van der Waals surface area contributed by atoms with Gasteiger partial charge in [-0.25, -0.2) is 9.18 Å². The van der Waals surface area contributed by atoms with Crippen LogP contribution < -0.4 is 9.80 Å². The van der Waals surface area contributed by atoms with E-state index < -0.39 is 34.2 Å². The summed E-state index contributed by atoms with van der Waals surface area (Å²) in [5.74, 6) is -1.63. The van der Waals surface area contributed by atoms with Crippen LogP contribution in [0.2, 0.25) is 0 Å². The molecule has 3 heterocycles. The Morgan fingerprint density at radius 3 is 2.26 bits per heavy atom. The van der Waals surface area contributed by atoms with Crippen LogP contribution in [-0.2, 0) is 16.0 Å². The quantitative estimate of drug-likeness (QED) is 0.378. The highest BCUT2D eigenvalue weighted by molar-refractivity contribution is 6.20. The smallest absolute Gasteiger partial charge is 0.332 e. The molecule has 176 valence electrons. The number of benzene rings is 2. The summed E-state index contributed by atoms with van der Waals surface area (Å²) in [7, 11) is 2.67. The summed E-state index contributed by atoms with van der Waals surface area (Å²) in [6.45, 7) is 1.23. The average Bonchev–Trinajstić information content (AvgIpc) is 2.84. The maximum Gasteiger partial charge on any atom is 0.332 e. The number of imide groups is 2. The van der Waals surface area contributed by atoms with Gasteiger partial charge in [0.25, 0.3) is 5.69 Å². The molecule has 0 bridgehead atoms. The van der Waals surface area contributed by atoms with Crippen molar-refractivity contribution in [3.63, 3.8) is 0 Å². The molecule has 1 atom stereocenters. The molecule has 4 amide bonds. The van der Waals surface area contributed by atoms with Crippen molar-refractivity contribution in [2.24, 2.45) is 5.41 Å². The lowest BCUT2D eigenvalue weighted by atomic mass is 9.67. The van der Waals surface area contributed by atoms with E-state index in [9.17, 15) is 28.9 Å². The number of piperazine rings is 1. The Kier molecular flexibility index (Phi) is 4.81. The van der Waals surface area contributed by atoms with E-state index in [1.54, 1.807) is 18.2 Å². The Bertz CT molecular complexity index is 1210. The lowest BCUT2D eigenvalue weighted by molar-refractivity contribution is -0.384. The third-order valence-corrected chi connectivity index (χ3v) is 7.14. The van der Waals surface area contributed by atoms with Gasteiger partial charge in [-0.15, -0.1) is 0 Å². The van der Waals surface area contributed by atoms with Crippen LogP contribution in [0.4, 0.5) is 26.2 Å². The van der Waals surface area contributed by atoms with Crippen molar-refractivity contribution >= 4 is 34.9 Å². The first-order valence-corrected chi connectivity index (χ1v) is 10.8. The van der Waals surface area contributed by atoms with Gasteiger partial charge in [0, 0.05) is 63.7 Å². The highest BCUT2D eigenvalue weighted by atomic mass is 19.1. The zero-order chi connectivity index (χ0) is 24.4. The minimum atomic E-state index is -1.64. The fraction of sp³-hybridized carbons (Fsp3) is 0.348. The number of amides is 4. The molecule has 2 saturated heterocycles. The van der Waals surface area contributed by atoms with Crippen molar-refractivity contribution in [2.75, 3.05) is 43.5 Å². The van der Waals surface area contributed by atoms with Crippen molar-refractivity contribution in [1.29, 1.82) is 0 Å². The summed E-state index contributed by atoms with van der Waals surface area (Å²) in [6, 6.07) is 9.09. The number of barbiturate groups is 1. The molecule has 2 aromatic rings. The molecule has 2 aromatic carbocycles. The molecule has 0 radical (unpaired) electrons. The second-order valence-corrected chi connectivity index (χ2v) is 8.86. The van der Waals surface area contributed by atoms with Crippen LogP contribution in [0.1, 0.15) is 5.56 Å². The minimum absolute atomic E-state index is 0.0674. The van der Waals surface area contributed by atoms with Crippen molar-refractivity contribution in [3.05, 3.63) is 64.0 Å². The number of halogens is 1. The molecule has 5 rings (SSSR count). The van der Waals surface area contributed by atoms with Crippen LogP contribution in [0.5, 0.6) is 0 Å².